The number of benzene rings is 3. The van der Waals surface area contributed by atoms with Crippen molar-refractivity contribution in [2.45, 2.75) is 20.8 Å². The van der Waals surface area contributed by atoms with Crippen LogP contribution >= 0.6 is 15.0 Å². The minimum absolute atomic E-state index is 0.0852. The molecule has 1 atom stereocenters. The fourth-order valence-corrected chi connectivity index (χ4v) is 8.17. The summed E-state index contributed by atoms with van der Waals surface area (Å²) in [6.07, 6.45) is 1.70. The van der Waals surface area contributed by atoms with Crippen molar-refractivity contribution < 1.29 is 22.7 Å². The first-order valence-electron chi connectivity index (χ1n) is 10.1. The summed E-state index contributed by atoms with van der Waals surface area (Å²) in [4.78, 5) is 0. The lowest BCUT2D eigenvalue weighted by molar-refractivity contribution is 0.227. The van der Waals surface area contributed by atoms with Crippen molar-refractivity contribution in [2.75, 3.05) is 26.5 Å². The van der Waals surface area contributed by atoms with Gasteiger partial charge in [0, 0.05) is 6.66 Å². The molecule has 1 unspecified atom stereocenters. The molecular formula is C23H28O5P2. The first kappa shape index (κ1) is 22.9. The SMILES string of the molecule is CCOP(C)(=O)/C(=C\c1c2ccccc2cc2ccccc12)P(=O)(OCC)OCC. The highest BCUT2D eigenvalue weighted by Crippen LogP contribution is 2.72. The molecule has 0 N–H and O–H groups in total. The molecule has 0 radical (unpaired) electrons. The van der Waals surface area contributed by atoms with E-state index in [0.29, 0.717) is 0 Å². The molecule has 0 aliphatic rings. The summed E-state index contributed by atoms with van der Waals surface area (Å²) in [6, 6.07) is 18.0. The fraction of sp³-hybridized carbons (Fsp3) is 0.304. The van der Waals surface area contributed by atoms with Crippen LogP contribution in [-0.4, -0.2) is 26.5 Å². The minimum atomic E-state index is -3.83. The van der Waals surface area contributed by atoms with E-state index in [2.05, 4.69) is 6.07 Å². The predicted molar refractivity (Wildman–Crippen MR) is 125 cm³/mol. The minimum Gasteiger partial charge on any atom is -0.326 e. The monoisotopic (exact) mass is 446 g/mol. The van der Waals surface area contributed by atoms with E-state index in [1.54, 1.807) is 26.8 Å². The van der Waals surface area contributed by atoms with E-state index in [-0.39, 0.29) is 24.9 Å². The van der Waals surface area contributed by atoms with Crippen LogP contribution in [0.5, 0.6) is 0 Å². The van der Waals surface area contributed by atoms with Crippen molar-refractivity contribution in [3.05, 3.63) is 65.2 Å². The molecule has 0 aliphatic carbocycles. The Morgan fingerprint density at radius 2 is 1.27 bits per heavy atom. The normalized spacial score (nSPS) is 14.9. The van der Waals surface area contributed by atoms with Crippen LogP contribution in [0.1, 0.15) is 26.3 Å². The van der Waals surface area contributed by atoms with Crippen LogP contribution in [0, 0.1) is 0 Å². The molecule has 3 aromatic carbocycles. The largest absolute Gasteiger partial charge is 0.367 e. The van der Waals surface area contributed by atoms with Gasteiger partial charge in [-0.3, -0.25) is 9.13 Å². The molecule has 30 heavy (non-hydrogen) atoms. The van der Waals surface area contributed by atoms with Gasteiger partial charge in [0.2, 0.25) is 7.37 Å². The third-order valence-corrected chi connectivity index (χ3v) is 10.2. The van der Waals surface area contributed by atoms with Crippen molar-refractivity contribution in [3.8, 4) is 0 Å². The molecule has 0 saturated carbocycles. The topological polar surface area (TPSA) is 61.8 Å². The third kappa shape index (κ3) is 4.61. The van der Waals surface area contributed by atoms with Crippen LogP contribution in [0.3, 0.4) is 0 Å². The van der Waals surface area contributed by atoms with Gasteiger partial charge in [0.25, 0.3) is 0 Å². The number of rotatable bonds is 9. The third-order valence-electron chi connectivity index (χ3n) is 4.76. The lowest BCUT2D eigenvalue weighted by atomic mass is 9.97. The molecular weight excluding hydrogens is 418 g/mol. The van der Waals surface area contributed by atoms with E-state index in [1.165, 1.54) is 6.66 Å². The van der Waals surface area contributed by atoms with E-state index in [9.17, 15) is 9.13 Å². The van der Waals surface area contributed by atoms with Crippen LogP contribution in [0.15, 0.2) is 59.7 Å². The first-order chi connectivity index (χ1) is 14.4. The van der Waals surface area contributed by atoms with Crippen LogP contribution in [0.25, 0.3) is 27.6 Å². The van der Waals surface area contributed by atoms with Gasteiger partial charge in [0.1, 0.15) is 5.06 Å². The highest BCUT2D eigenvalue weighted by atomic mass is 31.2. The van der Waals surface area contributed by atoms with Gasteiger partial charge in [-0.15, -0.1) is 0 Å². The summed E-state index contributed by atoms with van der Waals surface area (Å²) in [5, 5.41) is 4.08. The van der Waals surface area contributed by atoms with Crippen molar-refractivity contribution in [1.29, 1.82) is 0 Å². The zero-order chi connectivity index (χ0) is 21.8. The Morgan fingerprint density at radius 3 is 1.73 bits per heavy atom. The molecule has 0 saturated heterocycles. The molecule has 0 aliphatic heterocycles. The smallest absolute Gasteiger partial charge is 0.326 e. The van der Waals surface area contributed by atoms with Gasteiger partial charge in [-0.1, -0.05) is 48.5 Å². The number of hydrogen-bond acceptors (Lipinski definition) is 5. The maximum absolute atomic E-state index is 13.7. The summed E-state index contributed by atoms with van der Waals surface area (Å²) in [5.74, 6) is 0. The molecule has 160 valence electrons. The summed E-state index contributed by atoms with van der Waals surface area (Å²) in [5.41, 5.74) is 0.820. The summed E-state index contributed by atoms with van der Waals surface area (Å²) in [7, 11) is -7.29. The molecule has 7 heteroatoms. The molecule has 0 aromatic heterocycles. The first-order valence-corrected chi connectivity index (χ1v) is 13.7. The Balaban J connectivity index is 2.41. The second-order valence-corrected chi connectivity index (χ2v) is 11.6. The van der Waals surface area contributed by atoms with E-state index in [4.69, 9.17) is 13.6 Å². The fourth-order valence-electron chi connectivity index (χ4n) is 3.57. The highest BCUT2D eigenvalue weighted by Gasteiger charge is 2.41. The molecule has 0 spiro atoms. The van der Waals surface area contributed by atoms with Gasteiger partial charge >= 0.3 is 7.60 Å². The van der Waals surface area contributed by atoms with E-state index < -0.39 is 15.0 Å². The molecule has 3 aromatic rings. The van der Waals surface area contributed by atoms with Crippen LogP contribution in [0.2, 0.25) is 0 Å². The lowest BCUT2D eigenvalue weighted by Gasteiger charge is -2.24. The highest BCUT2D eigenvalue weighted by molar-refractivity contribution is 7.81. The molecule has 0 amide bonds. The molecule has 5 nitrogen and oxygen atoms in total. The molecule has 0 fully saturated rings. The molecule has 3 rings (SSSR count). The van der Waals surface area contributed by atoms with Gasteiger partial charge < -0.3 is 13.6 Å². The zero-order valence-electron chi connectivity index (χ0n) is 17.8. The molecule has 0 heterocycles. The van der Waals surface area contributed by atoms with Gasteiger partial charge in [-0.25, -0.2) is 0 Å². The Morgan fingerprint density at radius 1 is 0.800 bits per heavy atom. The summed E-state index contributed by atoms with van der Waals surface area (Å²) < 4.78 is 44.0. The lowest BCUT2D eigenvalue weighted by Crippen LogP contribution is -2.02. The van der Waals surface area contributed by atoms with Crippen LogP contribution < -0.4 is 0 Å². The number of hydrogen-bond donors (Lipinski definition) is 0. The quantitative estimate of drug-likeness (QED) is 0.252. The van der Waals surface area contributed by atoms with E-state index >= 15 is 0 Å². The number of fused-ring (bicyclic) bond motifs is 2. The van der Waals surface area contributed by atoms with E-state index in [0.717, 1.165) is 27.1 Å². The molecule has 0 bridgehead atoms. The van der Waals surface area contributed by atoms with Gasteiger partial charge in [-0.05, 0) is 60.0 Å². The second kappa shape index (κ2) is 9.60. The van der Waals surface area contributed by atoms with Gasteiger partial charge in [-0.2, -0.15) is 0 Å². The Hall–Kier alpha value is -1.74. The Bertz CT molecular complexity index is 1100. The zero-order valence-corrected chi connectivity index (χ0v) is 19.6. The van der Waals surface area contributed by atoms with Gasteiger partial charge in [0.05, 0.1) is 19.8 Å². The van der Waals surface area contributed by atoms with E-state index in [1.807, 2.05) is 48.5 Å². The van der Waals surface area contributed by atoms with Crippen molar-refractivity contribution in [2.24, 2.45) is 0 Å². The average molecular weight is 446 g/mol. The standard InChI is InChI=1S/C23H28O5P2/c1-5-26-29(4,24)23(30(25,27-6-2)28-7-3)17-22-20-14-10-8-12-18(20)16-19-13-9-11-15-21(19)22/h8-17H,5-7H2,1-4H3/b23-17+. The van der Waals surface area contributed by atoms with Crippen molar-refractivity contribution in [1.82, 2.24) is 0 Å². The maximum Gasteiger partial charge on any atom is 0.367 e. The summed E-state index contributed by atoms with van der Waals surface area (Å²) in [6.45, 7) is 7.25. The summed E-state index contributed by atoms with van der Waals surface area (Å²) >= 11 is 0. The van der Waals surface area contributed by atoms with Gasteiger partial charge in [0.15, 0.2) is 0 Å². The van der Waals surface area contributed by atoms with Crippen LogP contribution in [-0.2, 0) is 22.7 Å². The second-order valence-electron chi connectivity index (χ2n) is 6.83. The predicted octanol–water partition coefficient (Wildman–Crippen LogP) is 7.50. The van der Waals surface area contributed by atoms with Crippen molar-refractivity contribution >= 4 is 42.6 Å². The Kier molecular flexibility index (Phi) is 7.34. The van der Waals surface area contributed by atoms with Crippen LogP contribution in [0.4, 0.5) is 0 Å². The van der Waals surface area contributed by atoms with Crippen molar-refractivity contribution in [3.63, 3.8) is 0 Å². The maximum atomic E-state index is 13.7. The average Bonchev–Trinajstić information content (AvgIpc) is 2.71. The Labute approximate surface area is 178 Å².